The van der Waals surface area contributed by atoms with Crippen LogP contribution < -0.4 is 10.6 Å². The Hall–Kier alpha value is -2.63. The summed E-state index contributed by atoms with van der Waals surface area (Å²) in [5, 5.41) is 7.15. The molecule has 2 aromatic carbocycles. The number of Topliss-reactive ketones (excluding diaryl/α,β-unsaturated/α-hetero) is 1. The number of benzene rings is 2. The molecule has 0 amide bonds. The molecule has 132 valence electrons. The van der Waals surface area contributed by atoms with Crippen molar-refractivity contribution in [2.45, 2.75) is 13.8 Å². The smallest absolute Gasteiger partial charge is 0.229 e. The second-order valence-electron chi connectivity index (χ2n) is 5.71. The number of ketones is 1. The van der Waals surface area contributed by atoms with Gasteiger partial charge in [-0.15, -0.1) is 0 Å². The number of hydrogen-bond acceptors (Lipinski definition) is 5. The molecule has 7 heteroatoms. The summed E-state index contributed by atoms with van der Waals surface area (Å²) in [6.07, 6.45) is 0. The molecule has 0 aliphatic heterocycles. The second-order valence-corrected chi connectivity index (χ2v) is 6.49. The first-order chi connectivity index (χ1) is 12.4. The minimum absolute atomic E-state index is 0.00300. The van der Waals surface area contributed by atoms with Crippen LogP contribution in [-0.4, -0.2) is 15.8 Å². The first-order valence-corrected chi connectivity index (χ1v) is 8.63. The Kier molecular flexibility index (Phi) is 5.40. The van der Waals surface area contributed by atoms with Gasteiger partial charge in [-0.25, -0.2) is 4.98 Å². The molecule has 2 N–H and O–H groups in total. The zero-order chi connectivity index (χ0) is 18.7. The van der Waals surface area contributed by atoms with E-state index in [4.69, 9.17) is 23.2 Å². The molecule has 0 bridgehead atoms. The Bertz CT molecular complexity index is 976. The minimum atomic E-state index is -0.00300. The van der Waals surface area contributed by atoms with Crippen LogP contribution in [0, 0.1) is 6.92 Å². The van der Waals surface area contributed by atoms with Gasteiger partial charge in [0.2, 0.25) is 5.95 Å². The standard InChI is InChI=1S/C19H16Cl2N4O/c1-11-9-17(24-16-8-4-7-15(20)18(16)21)25-19(22-11)23-14-6-3-5-13(10-14)12(2)26/h3-10H,1-2H3,(H2,22,23,24,25). The zero-order valence-electron chi connectivity index (χ0n) is 14.2. The van der Waals surface area contributed by atoms with Gasteiger partial charge in [0, 0.05) is 23.0 Å². The topological polar surface area (TPSA) is 66.9 Å². The third kappa shape index (κ3) is 4.31. The van der Waals surface area contributed by atoms with E-state index >= 15 is 0 Å². The van der Waals surface area contributed by atoms with Gasteiger partial charge in [0.25, 0.3) is 0 Å². The number of rotatable bonds is 5. The van der Waals surface area contributed by atoms with E-state index in [0.717, 1.165) is 11.4 Å². The summed E-state index contributed by atoms with van der Waals surface area (Å²) in [5.41, 5.74) is 2.77. The summed E-state index contributed by atoms with van der Waals surface area (Å²) in [6, 6.07) is 14.3. The van der Waals surface area contributed by atoms with E-state index in [1.165, 1.54) is 6.92 Å². The van der Waals surface area contributed by atoms with Crippen molar-refractivity contribution < 1.29 is 4.79 Å². The number of hydrogen-bond donors (Lipinski definition) is 2. The zero-order valence-corrected chi connectivity index (χ0v) is 15.7. The molecular formula is C19H16Cl2N4O. The molecule has 1 aromatic heterocycles. The number of nitrogens with one attached hydrogen (secondary N) is 2. The Morgan fingerprint density at radius 3 is 2.54 bits per heavy atom. The first kappa shape index (κ1) is 18.2. The molecule has 3 rings (SSSR count). The summed E-state index contributed by atoms with van der Waals surface area (Å²) in [4.78, 5) is 20.4. The fourth-order valence-electron chi connectivity index (χ4n) is 2.37. The molecular weight excluding hydrogens is 371 g/mol. The lowest BCUT2D eigenvalue weighted by atomic mass is 10.1. The SMILES string of the molecule is CC(=O)c1cccc(Nc2nc(C)cc(Nc3cccc(Cl)c3Cl)n2)c1. The lowest BCUT2D eigenvalue weighted by Gasteiger charge is -2.12. The van der Waals surface area contributed by atoms with Gasteiger partial charge < -0.3 is 10.6 Å². The lowest BCUT2D eigenvalue weighted by Crippen LogP contribution is -2.03. The molecule has 0 fully saturated rings. The number of halogens is 2. The number of carbonyl (C=O) groups excluding carboxylic acids is 1. The van der Waals surface area contributed by atoms with E-state index < -0.39 is 0 Å². The lowest BCUT2D eigenvalue weighted by molar-refractivity contribution is 0.101. The summed E-state index contributed by atoms with van der Waals surface area (Å²) in [6.45, 7) is 3.39. The van der Waals surface area contributed by atoms with Gasteiger partial charge >= 0.3 is 0 Å². The Morgan fingerprint density at radius 1 is 1.00 bits per heavy atom. The maximum absolute atomic E-state index is 11.5. The van der Waals surface area contributed by atoms with Gasteiger partial charge in [-0.1, -0.05) is 41.4 Å². The summed E-state index contributed by atoms with van der Waals surface area (Å²) in [5.74, 6) is 0.981. The molecule has 0 unspecified atom stereocenters. The van der Waals surface area contributed by atoms with Crippen molar-refractivity contribution in [3.05, 3.63) is 69.8 Å². The third-order valence-electron chi connectivity index (χ3n) is 3.59. The van der Waals surface area contributed by atoms with Gasteiger partial charge in [0.15, 0.2) is 5.78 Å². The van der Waals surface area contributed by atoms with E-state index in [1.807, 2.05) is 19.1 Å². The van der Waals surface area contributed by atoms with E-state index in [1.54, 1.807) is 36.4 Å². The molecule has 0 atom stereocenters. The Balaban J connectivity index is 1.87. The monoisotopic (exact) mass is 386 g/mol. The van der Waals surface area contributed by atoms with Gasteiger partial charge in [-0.3, -0.25) is 4.79 Å². The molecule has 3 aromatic rings. The molecule has 5 nitrogen and oxygen atoms in total. The molecule has 0 aliphatic rings. The Morgan fingerprint density at radius 2 is 1.77 bits per heavy atom. The van der Waals surface area contributed by atoms with Crippen molar-refractivity contribution in [2.75, 3.05) is 10.6 Å². The van der Waals surface area contributed by atoms with Crippen LogP contribution in [0.25, 0.3) is 0 Å². The van der Waals surface area contributed by atoms with Crippen LogP contribution in [0.3, 0.4) is 0 Å². The molecule has 26 heavy (non-hydrogen) atoms. The first-order valence-electron chi connectivity index (χ1n) is 7.87. The van der Waals surface area contributed by atoms with E-state index in [9.17, 15) is 4.79 Å². The van der Waals surface area contributed by atoms with Crippen LogP contribution in [-0.2, 0) is 0 Å². The van der Waals surface area contributed by atoms with Crippen LogP contribution in [0.4, 0.5) is 23.1 Å². The maximum atomic E-state index is 11.5. The quantitative estimate of drug-likeness (QED) is 0.543. The van der Waals surface area contributed by atoms with E-state index in [-0.39, 0.29) is 5.78 Å². The minimum Gasteiger partial charge on any atom is -0.339 e. The van der Waals surface area contributed by atoms with Gasteiger partial charge in [-0.05, 0) is 38.1 Å². The van der Waals surface area contributed by atoms with Gasteiger partial charge in [0.05, 0.1) is 15.7 Å². The van der Waals surface area contributed by atoms with Crippen molar-refractivity contribution in [1.82, 2.24) is 9.97 Å². The van der Waals surface area contributed by atoms with Crippen molar-refractivity contribution in [2.24, 2.45) is 0 Å². The number of aryl methyl sites for hydroxylation is 1. The van der Waals surface area contributed by atoms with Gasteiger partial charge in [0.1, 0.15) is 5.82 Å². The van der Waals surface area contributed by atoms with Crippen molar-refractivity contribution in [3.63, 3.8) is 0 Å². The molecule has 0 radical (unpaired) electrons. The number of nitrogens with zero attached hydrogens (tertiary/aromatic N) is 2. The molecule has 0 aliphatic carbocycles. The normalized spacial score (nSPS) is 10.5. The predicted octanol–water partition coefficient (Wildman–Crippen LogP) is 5.78. The average Bonchev–Trinajstić information content (AvgIpc) is 2.59. The summed E-state index contributed by atoms with van der Waals surface area (Å²) < 4.78 is 0. The third-order valence-corrected chi connectivity index (χ3v) is 4.41. The fraction of sp³-hybridized carbons (Fsp3) is 0.105. The highest BCUT2D eigenvalue weighted by atomic mass is 35.5. The number of carbonyl (C=O) groups is 1. The van der Waals surface area contributed by atoms with E-state index in [0.29, 0.717) is 33.1 Å². The largest absolute Gasteiger partial charge is 0.339 e. The second kappa shape index (κ2) is 7.72. The van der Waals surface area contributed by atoms with Crippen LogP contribution >= 0.6 is 23.2 Å². The highest BCUT2D eigenvalue weighted by Gasteiger charge is 2.08. The summed E-state index contributed by atoms with van der Waals surface area (Å²) in [7, 11) is 0. The predicted molar refractivity (Wildman–Crippen MR) is 106 cm³/mol. The van der Waals surface area contributed by atoms with Crippen LogP contribution in [0.2, 0.25) is 10.0 Å². The highest BCUT2D eigenvalue weighted by molar-refractivity contribution is 6.43. The maximum Gasteiger partial charge on any atom is 0.229 e. The molecule has 0 saturated carbocycles. The molecule has 0 saturated heterocycles. The van der Waals surface area contributed by atoms with Gasteiger partial charge in [-0.2, -0.15) is 4.98 Å². The number of anilines is 4. The van der Waals surface area contributed by atoms with Crippen molar-refractivity contribution in [1.29, 1.82) is 0 Å². The van der Waals surface area contributed by atoms with Crippen LogP contribution in [0.1, 0.15) is 23.0 Å². The average molecular weight is 387 g/mol. The van der Waals surface area contributed by atoms with Crippen molar-refractivity contribution in [3.8, 4) is 0 Å². The van der Waals surface area contributed by atoms with Crippen LogP contribution in [0.5, 0.6) is 0 Å². The fourth-order valence-corrected chi connectivity index (χ4v) is 2.72. The highest BCUT2D eigenvalue weighted by Crippen LogP contribution is 2.31. The van der Waals surface area contributed by atoms with Crippen LogP contribution in [0.15, 0.2) is 48.5 Å². The van der Waals surface area contributed by atoms with E-state index in [2.05, 4.69) is 20.6 Å². The Labute approximate surface area is 161 Å². The molecule has 1 heterocycles. The number of aromatic nitrogens is 2. The molecule has 0 spiro atoms. The summed E-state index contributed by atoms with van der Waals surface area (Å²) >= 11 is 12.3. The van der Waals surface area contributed by atoms with Crippen molar-refractivity contribution >= 4 is 52.1 Å².